The van der Waals surface area contributed by atoms with E-state index in [0.29, 0.717) is 61.0 Å². The van der Waals surface area contributed by atoms with E-state index >= 15 is 0 Å². The van der Waals surface area contributed by atoms with Gasteiger partial charge in [-0.1, -0.05) is 12.1 Å². The van der Waals surface area contributed by atoms with Crippen molar-refractivity contribution in [2.75, 3.05) is 57.5 Å². The van der Waals surface area contributed by atoms with Crippen LogP contribution in [0.2, 0.25) is 0 Å². The number of fused-ring (bicyclic) bond motifs is 1. The molecule has 6 rings (SSSR count). The van der Waals surface area contributed by atoms with E-state index in [1.807, 2.05) is 11.0 Å². The summed E-state index contributed by atoms with van der Waals surface area (Å²) in [5, 5.41) is 0. The Labute approximate surface area is 214 Å². The average molecular weight is 515 g/mol. The van der Waals surface area contributed by atoms with E-state index in [1.54, 1.807) is 24.3 Å². The summed E-state index contributed by atoms with van der Waals surface area (Å²) in [4.78, 5) is 18.1. The molecule has 11 heteroatoms. The van der Waals surface area contributed by atoms with Gasteiger partial charge in [0.05, 0.1) is 37.5 Å². The molecule has 1 saturated carbocycles. The summed E-state index contributed by atoms with van der Waals surface area (Å²) in [6.45, 7) is 5.94. The number of imidazole rings is 1. The molecule has 0 N–H and O–H groups in total. The number of benzene rings is 1. The van der Waals surface area contributed by atoms with Crippen molar-refractivity contribution in [3.8, 4) is 11.7 Å². The van der Waals surface area contributed by atoms with E-state index in [1.165, 1.54) is 4.57 Å². The first-order valence-corrected chi connectivity index (χ1v) is 13.1. The molecule has 1 aliphatic carbocycles. The van der Waals surface area contributed by atoms with Crippen molar-refractivity contribution in [2.24, 2.45) is 0 Å². The van der Waals surface area contributed by atoms with Crippen LogP contribution >= 0.6 is 0 Å². The fraction of sp³-hybridized carbons (Fsp3) is 0.577. The van der Waals surface area contributed by atoms with Crippen molar-refractivity contribution in [1.82, 2.24) is 24.4 Å². The number of anilines is 1. The van der Waals surface area contributed by atoms with E-state index in [9.17, 15) is 8.78 Å². The lowest BCUT2D eigenvalue weighted by Gasteiger charge is -2.38. The molecule has 1 aromatic carbocycles. The van der Waals surface area contributed by atoms with Crippen LogP contribution in [-0.4, -0.2) is 89.2 Å². The second kappa shape index (κ2) is 10.8. The highest BCUT2D eigenvalue weighted by molar-refractivity contribution is 5.78. The van der Waals surface area contributed by atoms with E-state index in [0.717, 1.165) is 52.0 Å². The topological polar surface area (TPSA) is 77.8 Å². The van der Waals surface area contributed by atoms with Gasteiger partial charge in [-0.2, -0.15) is 9.97 Å². The van der Waals surface area contributed by atoms with E-state index < -0.39 is 6.43 Å². The minimum absolute atomic E-state index is 0.0201. The number of rotatable bonds is 6. The predicted octanol–water partition coefficient (Wildman–Crippen LogP) is 3.61. The largest absolute Gasteiger partial charge is 0.474 e. The second-order valence-electron chi connectivity index (χ2n) is 9.76. The average Bonchev–Trinajstić information content (AvgIpc) is 3.35. The molecule has 0 amide bonds. The highest BCUT2D eigenvalue weighted by Crippen LogP contribution is 2.31. The van der Waals surface area contributed by atoms with Gasteiger partial charge in [-0.15, -0.1) is 0 Å². The molecule has 3 aliphatic rings. The Hall–Kier alpha value is -2.89. The molecule has 3 fully saturated rings. The van der Waals surface area contributed by atoms with Gasteiger partial charge in [-0.05, 0) is 37.8 Å². The zero-order chi connectivity index (χ0) is 25.2. The molecule has 2 aliphatic heterocycles. The van der Waals surface area contributed by atoms with Crippen LogP contribution in [0.1, 0.15) is 37.9 Å². The van der Waals surface area contributed by atoms with Crippen LogP contribution in [0.5, 0.6) is 5.88 Å². The minimum atomic E-state index is -2.76. The van der Waals surface area contributed by atoms with E-state index in [4.69, 9.17) is 24.2 Å². The first-order chi connectivity index (χ1) is 18.2. The zero-order valence-electron chi connectivity index (χ0n) is 20.8. The maximum Gasteiger partial charge on any atom is 0.296 e. The van der Waals surface area contributed by atoms with Gasteiger partial charge in [0.2, 0.25) is 11.8 Å². The highest BCUT2D eigenvalue weighted by Gasteiger charge is 2.29. The molecule has 198 valence electrons. The van der Waals surface area contributed by atoms with E-state index in [2.05, 4.69) is 9.88 Å². The lowest BCUT2D eigenvalue weighted by atomic mass is 9.91. The fourth-order valence-electron chi connectivity index (χ4n) is 5.55. The summed E-state index contributed by atoms with van der Waals surface area (Å²) in [5.41, 5.74) is 1.06. The normalized spacial score (nSPS) is 23.6. The summed E-state index contributed by atoms with van der Waals surface area (Å²) in [6.07, 6.45) is 1.22. The Morgan fingerprint density at radius 1 is 0.865 bits per heavy atom. The van der Waals surface area contributed by atoms with Crippen LogP contribution in [0.25, 0.3) is 16.9 Å². The number of hydrogen-bond acceptors (Lipinski definition) is 8. The number of halogens is 2. The van der Waals surface area contributed by atoms with Crippen LogP contribution < -0.4 is 9.64 Å². The molecule has 0 bridgehead atoms. The molecule has 2 saturated heterocycles. The maximum atomic E-state index is 14.1. The van der Waals surface area contributed by atoms with Gasteiger partial charge in [-0.3, -0.25) is 9.47 Å². The van der Waals surface area contributed by atoms with Gasteiger partial charge >= 0.3 is 0 Å². The van der Waals surface area contributed by atoms with Gasteiger partial charge in [0.25, 0.3) is 6.43 Å². The standard InChI is InChI=1S/C26H32F2N6O3/c27-24(28)25-29-20-3-1-2-4-21(20)34(25)22-17-23(31-26(30-22)33-11-15-36-16-12-33)37-19-7-5-18(6-8-19)32-9-13-35-14-10-32/h1-4,17-19,24H,5-16H2/t18-,19-. The first kappa shape index (κ1) is 24.4. The Kier molecular flexibility index (Phi) is 7.16. The van der Waals surface area contributed by atoms with Crippen LogP contribution in [0, 0.1) is 0 Å². The lowest BCUT2D eigenvalue weighted by Crippen LogP contribution is -2.46. The summed E-state index contributed by atoms with van der Waals surface area (Å²) in [7, 11) is 0. The number of alkyl halides is 2. The number of aromatic nitrogens is 4. The van der Waals surface area contributed by atoms with Crippen molar-refractivity contribution in [3.63, 3.8) is 0 Å². The Morgan fingerprint density at radius 2 is 1.57 bits per heavy atom. The van der Waals surface area contributed by atoms with Crippen molar-refractivity contribution in [1.29, 1.82) is 0 Å². The van der Waals surface area contributed by atoms with Crippen LogP contribution in [-0.2, 0) is 9.47 Å². The van der Waals surface area contributed by atoms with E-state index in [-0.39, 0.29) is 11.9 Å². The molecule has 9 nitrogen and oxygen atoms in total. The van der Waals surface area contributed by atoms with Crippen LogP contribution in [0.15, 0.2) is 30.3 Å². The van der Waals surface area contributed by atoms with Gasteiger partial charge in [-0.25, -0.2) is 13.8 Å². The molecule has 3 aromatic rings. The Balaban J connectivity index is 1.29. The Morgan fingerprint density at radius 3 is 2.30 bits per heavy atom. The molecule has 0 unspecified atom stereocenters. The molecule has 2 aromatic heterocycles. The van der Waals surface area contributed by atoms with Crippen molar-refractivity contribution < 1.29 is 23.0 Å². The SMILES string of the molecule is FC(F)c1nc2ccccc2n1-c1cc(O[C@H]2CC[C@H](N3CCOCC3)CC2)nc(N2CCOCC2)n1. The molecule has 0 spiro atoms. The third-order valence-corrected chi connectivity index (χ3v) is 7.48. The van der Waals surface area contributed by atoms with Gasteiger partial charge in [0.1, 0.15) is 11.9 Å². The van der Waals surface area contributed by atoms with Crippen molar-refractivity contribution >= 4 is 17.0 Å². The van der Waals surface area contributed by atoms with Gasteiger partial charge < -0.3 is 19.1 Å². The molecule has 4 heterocycles. The summed E-state index contributed by atoms with van der Waals surface area (Å²) in [6, 6.07) is 9.32. The number of hydrogen-bond donors (Lipinski definition) is 0. The smallest absolute Gasteiger partial charge is 0.296 e. The number of morpholine rings is 2. The highest BCUT2D eigenvalue weighted by atomic mass is 19.3. The summed E-state index contributed by atoms with van der Waals surface area (Å²) < 4.78 is 47.0. The summed E-state index contributed by atoms with van der Waals surface area (Å²) in [5.74, 6) is 0.845. The molecule has 37 heavy (non-hydrogen) atoms. The van der Waals surface area contributed by atoms with Crippen LogP contribution in [0.4, 0.5) is 14.7 Å². The quantitative estimate of drug-likeness (QED) is 0.494. The minimum Gasteiger partial charge on any atom is -0.474 e. The number of nitrogens with zero attached hydrogens (tertiary/aromatic N) is 6. The predicted molar refractivity (Wildman–Crippen MR) is 134 cm³/mol. The van der Waals surface area contributed by atoms with Crippen molar-refractivity contribution in [3.05, 3.63) is 36.2 Å². The zero-order valence-corrected chi connectivity index (χ0v) is 20.8. The van der Waals surface area contributed by atoms with Crippen LogP contribution in [0.3, 0.4) is 0 Å². The fourth-order valence-corrected chi connectivity index (χ4v) is 5.55. The number of para-hydroxylation sites is 2. The Bertz CT molecular complexity index is 1200. The van der Waals surface area contributed by atoms with Gasteiger partial charge in [0.15, 0.2) is 5.82 Å². The lowest BCUT2D eigenvalue weighted by molar-refractivity contribution is -0.00139. The second-order valence-corrected chi connectivity index (χ2v) is 9.76. The molecule has 0 atom stereocenters. The monoisotopic (exact) mass is 514 g/mol. The molecular weight excluding hydrogens is 482 g/mol. The third-order valence-electron chi connectivity index (χ3n) is 7.48. The molecular formula is C26H32F2N6O3. The number of ether oxygens (including phenoxy) is 3. The molecule has 0 radical (unpaired) electrons. The van der Waals surface area contributed by atoms with Crippen molar-refractivity contribution in [2.45, 2.75) is 44.3 Å². The third kappa shape index (κ3) is 5.25. The first-order valence-electron chi connectivity index (χ1n) is 13.1. The summed E-state index contributed by atoms with van der Waals surface area (Å²) >= 11 is 0. The maximum absolute atomic E-state index is 14.1. The van der Waals surface area contributed by atoms with Gasteiger partial charge in [0, 0.05) is 38.3 Å².